The molecule has 1 aliphatic heterocycles. The minimum Gasteiger partial charge on any atom is -0.490 e. The van der Waals surface area contributed by atoms with Crippen molar-refractivity contribution in [3.05, 3.63) is 29.8 Å². The third-order valence-corrected chi connectivity index (χ3v) is 3.53. The number of fused-ring (bicyclic) bond motifs is 1. The molecule has 0 saturated heterocycles. The van der Waals surface area contributed by atoms with Crippen LogP contribution in [0.3, 0.4) is 0 Å². The summed E-state index contributed by atoms with van der Waals surface area (Å²) in [5.74, 6) is 2.27. The van der Waals surface area contributed by atoms with Crippen molar-refractivity contribution in [1.29, 1.82) is 0 Å². The summed E-state index contributed by atoms with van der Waals surface area (Å²) in [5.41, 5.74) is 7.14. The Balaban J connectivity index is 1.96. The van der Waals surface area contributed by atoms with Crippen molar-refractivity contribution in [2.45, 2.75) is 32.8 Å². The maximum Gasteiger partial charge on any atom is 0.123 e. The molecule has 0 fully saturated rings. The van der Waals surface area contributed by atoms with Crippen molar-refractivity contribution in [2.24, 2.45) is 17.6 Å². The lowest BCUT2D eigenvalue weighted by Gasteiger charge is -2.22. The molecule has 0 spiro atoms. The molecule has 88 valence electrons. The van der Waals surface area contributed by atoms with E-state index in [1.54, 1.807) is 0 Å². The maximum absolute atomic E-state index is 5.93. The molecule has 1 aromatic carbocycles. The molecule has 1 heterocycles. The van der Waals surface area contributed by atoms with Gasteiger partial charge < -0.3 is 10.5 Å². The standard InChI is InChI=1S/C14H21NO/c1-10(2)12(9-15)8-13-7-11-5-3-4-6-14(11)16-13/h3-6,10,12-13H,7-9,15H2,1-2H3. The molecule has 0 bridgehead atoms. The zero-order valence-corrected chi connectivity index (χ0v) is 10.1. The van der Waals surface area contributed by atoms with E-state index in [2.05, 4.69) is 32.0 Å². The van der Waals surface area contributed by atoms with Crippen LogP contribution in [0, 0.1) is 11.8 Å². The Bertz CT molecular complexity index is 323. The Morgan fingerprint density at radius 2 is 2.12 bits per heavy atom. The van der Waals surface area contributed by atoms with Gasteiger partial charge in [-0.25, -0.2) is 0 Å². The summed E-state index contributed by atoms with van der Waals surface area (Å²) in [7, 11) is 0. The number of nitrogens with two attached hydrogens (primary N) is 1. The van der Waals surface area contributed by atoms with E-state index in [0.29, 0.717) is 17.9 Å². The molecule has 0 aliphatic carbocycles. The van der Waals surface area contributed by atoms with E-state index in [1.807, 2.05) is 6.07 Å². The summed E-state index contributed by atoms with van der Waals surface area (Å²) < 4.78 is 5.93. The van der Waals surface area contributed by atoms with Gasteiger partial charge in [-0.05, 0) is 36.4 Å². The summed E-state index contributed by atoms with van der Waals surface area (Å²) in [6, 6.07) is 8.32. The van der Waals surface area contributed by atoms with E-state index in [-0.39, 0.29) is 0 Å². The van der Waals surface area contributed by atoms with E-state index in [0.717, 1.165) is 25.1 Å². The number of hydrogen-bond donors (Lipinski definition) is 1. The van der Waals surface area contributed by atoms with Gasteiger partial charge in [-0.15, -0.1) is 0 Å². The quantitative estimate of drug-likeness (QED) is 0.845. The minimum atomic E-state index is 0.327. The van der Waals surface area contributed by atoms with Crippen molar-refractivity contribution in [1.82, 2.24) is 0 Å². The fourth-order valence-corrected chi connectivity index (χ4v) is 2.36. The maximum atomic E-state index is 5.93. The topological polar surface area (TPSA) is 35.2 Å². The van der Waals surface area contributed by atoms with Crippen molar-refractivity contribution in [2.75, 3.05) is 6.54 Å². The van der Waals surface area contributed by atoms with Crippen LogP contribution in [0.2, 0.25) is 0 Å². The van der Waals surface area contributed by atoms with Gasteiger partial charge in [0, 0.05) is 6.42 Å². The highest BCUT2D eigenvalue weighted by atomic mass is 16.5. The molecule has 2 heteroatoms. The molecule has 2 N–H and O–H groups in total. The highest BCUT2D eigenvalue weighted by molar-refractivity contribution is 5.37. The molecule has 2 unspecified atom stereocenters. The Kier molecular flexibility index (Phi) is 3.49. The van der Waals surface area contributed by atoms with E-state index in [9.17, 15) is 0 Å². The smallest absolute Gasteiger partial charge is 0.123 e. The van der Waals surface area contributed by atoms with E-state index < -0.39 is 0 Å². The Morgan fingerprint density at radius 1 is 1.38 bits per heavy atom. The summed E-state index contributed by atoms with van der Waals surface area (Å²) in [5, 5.41) is 0. The van der Waals surface area contributed by atoms with Crippen LogP contribution in [0.25, 0.3) is 0 Å². The van der Waals surface area contributed by atoms with Gasteiger partial charge in [-0.3, -0.25) is 0 Å². The van der Waals surface area contributed by atoms with Gasteiger partial charge in [-0.1, -0.05) is 32.0 Å². The van der Waals surface area contributed by atoms with Crippen LogP contribution in [0.15, 0.2) is 24.3 Å². The molecule has 1 aromatic rings. The van der Waals surface area contributed by atoms with Gasteiger partial charge in [-0.2, -0.15) is 0 Å². The SMILES string of the molecule is CC(C)C(CN)CC1Cc2ccccc2O1. The lowest BCUT2D eigenvalue weighted by atomic mass is 9.89. The van der Waals surface area contributed by atoms with Gasteiger partial charge in [0.15, 0.2) is 0 Å². The third kappa shape index (κ3) is 2.38. The van der Waals surface area contributed by atoms with E-state index in [1.165, 1.54) is 5.56 Å². The first-order valence-corrected chi connectivity index (χ1v) is 6.15. The molecule has 2 rings (SSSR count). The minimum absolute atomic E-state index is 0.327. The summed E-state index contributed by atoms with van der Waals surface area (Å²) in [4.78, 5) is 0. The zero-order valence-electron chi connectivity index (χ0n) is 10.1. The molecule has 0 radical (unpaired) electrons. The van der Waals surface area contributed by atoms with Gasteiger partial charge in [0.25, 0.3) is 0 Å². The zero-order chi connectivity index (χ0) is 11.5. The number of rotatable bonds is 4. The normalized spacial score (nSPS) is 20.6. The lowest BCUT2D eigenvalue weighted by molar-refractivity contribution is 0.177. The van der Waals surface area contributed by atoms with Crippen molar-refractivity contribution >= 4 is 0 Å². The van der Waals surface area contributed by atoms with Crippen molar-refractivity contribution < 1.29 is 4.74 Å². The molecule has 16 heavy (non-hydrogen) atoms. The number of ether oxygens (including phenoxy) is 1. The molecular formula is C14H21NO. The second kappa shape index (κ2) is 4.88. The van der Waals surface area contributed by atoms with Crippen molar-refractivity contribution in [3.63, 3.8) is 0 Å². The second-order valence-corrected chi connectivity index (χ2v) is 5.03. The average Bonchev–Trinajstić information content (AvgIpc) is 2.67. The molecule has 0 amide bonds. The summed E-state index contributed by atoms with van der Waals surface area (Å²) in [6.07, 6.45) is 2.44. The van der Waals surface area contributed by atoms with E-state index in [4.69, 9.17) is 10.5 Å². The molecule has 2 nitrogen and oxygen atoms in total. The van der Waals surface area contributed by atoms with Crippen LogP contribution < -0.4 is 10.5 Å². The highest BCUT2D eigenvalue weighted by Gasteiger charge is 2.26. The van der Waals surface area contributed by atoms with Crippen LogP contribution in [0.5, 0.6) is 5.75 Å². The molecule has 2 atom stereocenters. The summed E-state index contributed by atoms with van der Waals surface area (Å²) >= 11 is 0. The Morgan fingerprint density at radius 3 is 2.75 bits per heavy atom. The third-order valence-electron chi connectivity index (χ3n) is 3.53. The van der Waals surface area contributed by atoms with Crippen LogP contribution in [0.1, 0.15) is 25.8 Å². The van der Waals surface area contributed by atoms with Crippen molar-refractivity contribution in [3.8, 4) is 5.75 Å². The fraction of sp³-hybridized carbons (Fsp3) is 0.571. The largest absolute Gasteiger partial charge is 0.490 e. The monoisotopic (exact) mass is 219 g/mol. The van der Waals surface area contributed by atoms with Gasteiger partial charge >= 0.3 is 0 Å². The van der Waals surface area contributed by atoms with Crippen LogP contribution in [0.4, 0.5) is 0 Å². The lowest BCUT2D eigenvalue weighted by Crippen LogP contribution is -2.27. The molecule has 0 aromatic heterocycles. The van der Waals surface area contributed by atoms with Crippen LogP contribution >= 0.6 is 0 Å². The van der Waals surface area contributed by atoms with E-state index >= 15 is 0 Å². The first-order chi connectivity index (χ1) is 7.70. The van der Waals surface area contributed by atoms with Crippen LogP contribution in [-0.4, -0.2) is 12.6 Å². The second-order valence-electron chi connectivity index (χ2n) is 5.03. The molecular weight excluding hydrogens is 198 g/mol. The fourth-order valence-electron chi connectivity index (χ4n) is 2.36. The predicted molar refractivity (Wildman–Crippen MR) is 66.6 cm³/mol. The molecule has 1 aliphatic rings. The first-order valence-electron chi connectivity index (χ1n) is 6.15. The number of para-hydroxylation sites is 1. The highest BCUT2D eigenvalue weighted by Crippen LogP contribution is 2.31. The average molecular weight is 219 g/mol. The van der Waals surface area contributed by atoms with Gasteiger partial charge in [0.1, 0.15) is 11.9 Å². The van der Waals surface area contributed by atoms with Crippen LogP contribution in [-0.2, 0) is 6.42 Å². The first kappa shape index (κ1) is 11.5. The predicted octanol–water partition coefficient (Wildman–Crippen LogP) is 2.61. The Hall–Kier alpha value is -1.02. The van der Waals surface area contributed by atoms with Gasteiger partial charge in [0.05, 0.1) is 0 Å². The Labute approximate surface area is 97.8 Å². The van der Waals surface area contributed by atoms with Gasteiger partial charge in [0.2, 0.25) is 0 Å². The number of hydrogen-bond acceptors (Lipinski definition) is 2. The number of benzene rings is 1. The molecule has 0 saturated carbocycles. The summed E-state index contributed by atoms with van der Waals surface area (Å²) in [6.45, 7) is 5.23.